The van der Waals surface area contributed by atoms with Gasteiger partial charge in [-0.2, -0.15) is 0 Å². The lowest BCUT2D eigenvalue weighted by Crippen LogP contribution is -2.22. The maximum atomic E-state index is 12.2. The predicted octanol–water partition coefficient (Wildman–Crippen LogP) is 3.18. The Balaban J connectivity index is 2.37. The summed E-state index contributed by atoms with van der Waals surface area (Å²) in [5.41, 5.74) is 1.95. The molecule has 1 aromatic carbocycles. The Labute approximate surface area is 101 Å². The topological polar surface area (TPSA) is 34.1 Å². The summed E-state index contributed by atoms with van der Waals surface area (Å²) in [6, 6.07) is 9.02. The fraction of sp³-hybridized carbons (Fsp3) is 0.333. The maximum absolute atomic E-state index is 12.2. The zero-order valence-corrected chi connectivity index (χ0v) is 10.2. The van der Waals surface area contributed by atoms with E-state index in [9.17, 15) is 9.59 Å². The second kappa shape index (κ2) is 4.66. The number of hydrogen-bond acceptors (Lipinski definition) is 2. The molecule has 1 aliphatic carbocycles. The molecule has 0 amide bonds. The van der Waals surface area contributed by atoms with Crippen molar-refractivity contribution >= 4 is 11.6 Å². The van der Waals surface area contributed by atoms with Gasteiger partial charge in [-0.1, -0.05) is 42.8 Å². The molecule has 2 heteroatoms. The SMILES string of the molecule is CC1=C(C(=O)c2ccccc2)C(=O)CC(C)C1. The fourth-order valence-corrected chi connectivity index (χ4v) is 2.41. The average molecular weight is 228 g/mol. The highest BCUT2D eigenvalue weighted by molar-refractivity contribution is 6.27. The molecule has 1 aromatic rings. The molecule has 0 saturated carbocycles. The van der Waals surface area contributed by atoms with Crippen LogP contribution < -0.4 is 0 Å². The van der Waals surface area contributed by atoms with Crippen molar-refractivity contribution in [2.24, 2.45) is 5.92 Å². The Hall–Kier alpha value is -1.70. The minimum atomic E-state index is -0.125. The summed E-state index contributed by atoms with van der Waals surface area (Å²) in [7, 11) is 0. The van der Waals surface area contributed by atoms with E-state index >= 15 is 0 Å². The highest BCUT2D eigenvalue weighted by Gasteiger charge is 2.28. The van der Waals surface area contributed by atoms with Crippen molar-refractivity contribution in [2.45, 2.75) is 26.7 Å². The van der Waals surface area contributed by atoms with Gasteiger partial charge in [0.15, 0.2) is 11.6 Å². The molecular formula is C15H16O2. The second-order valence-electron chi connectivity index (χ2n) is 4.79. The first kappa shape index (κ1) is 11.8. The molecule has 0 spiro atoms. The molecule has 1 atom stereocenters. The summed E-state index contributed by atoms with van der Waals surface area (Å²) >= 11 is 0. The number of benzene rings is 1. The summed E-state index contributed by atoms with van der Waals surface area (Å²) < 4.78 is 0. The lowest BCUT2D eigenvalue weighted by Gasteiger charge is -2.20. The summed E-state index contributed by atoms with van der Waals surface area (Å²) in [5, 5.41) is 0. The van der Waals surface area contributed by atoms with E-state index in [0.717, 1.165) is 12.0 Å². The largest absolute Gasteiger partial charge is 0.294 e. The number of carbonyl (C=O) groups is 2. The van der Waals surface area contributed by atoms with Crippen molar-refractivity contribution in [1.29, 1.82) is 0 Å². The van der Waals surface area contributed by atoms with E-state index in [2.05, 4.69) is 0 Å². The molecule has 2 rings (SSSR count). The van der Waals surface area contributed by atoms with Crippen LogP contribution in [0.1, 0.15) is 37.0 Å². The molecule has 0 N–H and O–H groups in total. The molecule has 0 heterocycles. The first-order valence-corrected chi connectivity index (χ1v) is 5.92. The van der Waals surface area contributed by atoms with E-state index in [1.54, 1.807) is 12.1 Å². The molecule has 1 unspecified atom stereocenters. The summed E-state index contributed by atoms with van der Waals surface area (Å²) in [6.45, 7) is 3.94. The Morgan fingerprint density at radius 1 is 1.18 bits per heavy atom. The lowest BCUT2D eigenvalue weighted by atomic mass is 9.82. The number of Topliss-reactive ketones (excluding diaryl/α,β-unsaturated/α-hetero) is 2. The van der Waals surface area contributed by atoms with E-state index in [1.807, 2.05) is 32.0 Å². The van der Waals surface area contributed by atoms with Gasteiger partial charge in [-0.15, -0.1) is 0 Å². The van der Waals surface area contributed by atoms with Gasteiger partial charge in [0.2, 0.25) is 0 Å². The van der Waals surface area contributed by atoms with E-state index in [0.29, 0.717) is 23.5 Å². The molecule has 1 aliphatic rings. The summed E-state index contributed by atoms with van der Waals surface area (Å²) in [5.74, 6) is 0.227. The van der Waals surface area contributed by atoms with Crippen LogP contribution in [0.15, 0.2) is 41.5 Å². The van der Waals surface area contributed by atoms with E-state index in [1.165, 1.54) is 0 Å². The second-order valence-corrected chi connectivity index (χ2v) is 4.79. The van der Waals surface area contributed by atoms with Crippen molar-refractivity contribution in [3.8, 4) is 0 Å². The first-order valence-electron chi connectivity index (χ1n) is 5.92. The Morgan fingerprint density at radius 3 is 2.41 bits per heavy atom. The first-order chi connectivity index (χ1) is 8.09. The number of ketones is 2. The van der Waals surface area contributed by atoms with Gasteiger partial charge in [0, 0.05) is 12.0 Å². The van der Waals surface area contributed by atoms with Crippen LogP contribution in [0.4, 0.5) is 0 Å². The predicted molar refractivity (Wildman–Crippen MR) is 66.9 cm³/mol. The van der Waals surface area contributed by atoms with Gasteiger partial charge in [-0.3, -0.25) is 9.59 Å². The molecule has 17 heavy (non-hydrogen) atoms. The molecule has 0 bridgehead atoms. The third-order valence-electron chi connectivity index (χ3n) is 3.16. The van der Waals surface area contributed by atoms with Gasteiger partial charge in [0.05, 0.1) is 5.57 Å². The molecule has 0 aromatic heterocycles. The summed E-state index contributed by atoms with van der Waals surface area (Å²) in [6.07, 6.45) is 1.34. The number of allylic oxidation sites excluding steroid dienone is 2. The minimum absolute atomic E-state index is 0.00453. The normalized spacial score (nSPS) is 20.6. The smallest absolute Gasteiger partial charge is 0.196 e. The van der Waals surface area contributed by atoms with Crippen LogP contribution in [-0.2, 0) is 4.79 Å². The maximum Gasteiger partial charge on any atom is 0.196 e. The van der Waals surface area contributed by atoms with E-state index in [-0.39, 0.29) is 11.6 Å². The van der Waals surface area contributed by atoms with E-state index in [4.69, 9.17) is 0 Å². The number of carbonyl (C=O) groups excluding carboxylic acids is 2. The average Bonchev–Trinajstić information content (AvgIpc) is 2.28. The Kier molecular flexibility index (Phi) is 3.23. The van der Waals surface area contributed by atoms with Crippen LogP contribution in [0, 0.1) is 5.92 Å². The van der Waals surface area contributed by atoms with Crippen LogP contribution >= 0.6 is 0 Å². The molecule has 0 aliphatic heterocycles. The standard InChI is InChI=1S/C15H16O2/c1-10-8-11(2)14(13(16)9-10)15(17)12-6-4-3-5-7-12/h3-7,10H,8-9H2,1-2H3. The van der Waals surface area contributed by atoms with Crippen molar-refractivity contribution in [3.05, 3.63) is 47.0 Å². The molecule has 0 saturated heterocycles. The van der Waals surface area contributed by atoms with Crippen molar-refractivity contribution in [1.82, 2.24) is 0 Å². The molecule has 0 fully saturated rings. The van der Waals surface area contributed by atoms with Crippen LogP contribution in [0.2, 0.25) is 0 Å². The van der Waals surface area contributed by atoms with Crippen LogP contribution in [-0.4, -0.2) is 11.6 Å². The van der Waals surface area contributed by atoms with Gasteiger partial charge in [0.1, 0.15) is 0 Å². The fourth-order valence-electron chi connectivity index (χ4n) is 2.41. The highest BCUT2D eigenvalue weighted by Crippen LogP contribution is 2.28. The van der Waals surface area contributed by atoms with Gasteiger partial charge in [0.25, 0.3) is 0 Å². The Bertz CT molecular complexity index is 483. The number of hydrogen-bond donors (Lipinski definition) is 0. The van der Waals surface area contributed by atoms with Crippen molar-refractivity contribution in [3.63, 3.8) is 0 Å². The molecule has 0 radical (unpaired) electrons. The van der Waals surface area contributed by atoms with Crippen LogP contribution in [0.3, 0.4) is 0 Å². The Morgan fingerprint density at radius 2 is 1.82 bits per heavy atom. The van der Waals surface area contributed by atoms with E-state index < -0.39 is 0 Å². The minimum Gasteiger partial charge on any atom is -0.294 e. The third kappa shape index (κ3) is 2.36. The van der Waals surface area contributed by atoms with Gasteiger partial charge >= 0.3 is 0 Å². The summed E-state index contributed by atoms with van der Waals surface area (Å²) in [4.78, 5) is 24.2. The van der Waals surface area contributed by atoms with Crippen LogP contribution in [0.5, 0.6) is 0 Å². The van der Waals surface area contributed by atoms with Gasteiger partial charge in [-0.25, -0.2) is 0 Å². The molecule has 88 valence electrons. The highest BCUT2D eigenvalue weighted by atomic mass is 16.1. The van der Waals surface area contributed by atoms with Crippen molar-refractivity contribution < 1.29 is 9.59 Å². The van der Waals surface area contributed by atoms with Crippen molar-refractivity contribution in [2.75, 3.05) is 0 Å². The lowest BCUT2D eigenvalue weighted by molar-refractivity contribution is -0.116. The molecule has 2 nitrogen and oxygen atoms in total. The number of rotatable bonds is 2. The zero-order valence-electron chi connectivity index (χ0n) is 10.2. The quantitative estimate of drug-likeness (QED) is 0.575. The van der Waals surface area contributed by atoms with Gasteiger partial charge in [-0.05, 0) is 19.3 Å². The van der Waals surface area contributed by atoms with Crippen LogP contribution in [0.25, 0.3) is 0 Å². The molecular weight excluding hydrogens is 212 g/mol. The third-order valence-corrected chi connectivity index (χ3v) is 3.16. The monoisotopic (exact) mass is 228 g/mol. The zero-order chi connectivity index (χ0) is 12.4. The van der Waals surface area contributed by atoms with Gasteiger partial charge < -0.3 is 0 Å².